The zero-order chi connectivity index (χ0) is 9.14. The Morgan fingerprint density at radius 3 is 2.67 bits per heavy atom. The molecule has 0 fully saturated rings. The van der Waals surface area contributed by atoms with Gasteiger partial charge in [-0.3, -0.25) is 4.79 Å². The molecule has 0 radical (unpaired) electrons. The van der Waals surface area contributed by atoms with Crippen LogP contribution in [0.1, 0.15) is 6.92 Å². The van der Waals surface area contributed by atoms with E-state index in [1.165, 1.54) is 6.92 Å². The minimum Gasteiger partial charge on any atom is -0.399 e. The highest BCUT2D eigenvalue weighted by atomic mass is 16.2. The molecule has 0 spiro atoms. The van der Waals surface area contributed by atoms with Gasteiger partial charge in [-0.25, -0.2) is 10.9 Å². The van der Waals surface area contributed by atoms with Crippen molar-refractivity contribution in [2.75, 3.05) is 10.7 Å². The van der Waals surface area contributed by atoms with Crippen molar-refractivity contribution >= 4 is 17.3 Å². The lowest BCUT2D eigenvalue weighted by Gasteiger charge is -2.13. The van der Waals surface area contributed by atoms with E-state index in [1.807, 2.05) is 0 Å². The number of hydrogen-bond acceptors (Lipinski definition) is 3. The van der Waals surface area contributed by atoms with Crippen molar-refractivity contribution in [3.63, 3.8) is 0 Å². The molecule has 0 bridgehead atoms. The summed E-state index contributed by atoms with van der Waals surface area (Å²) in [7, 11) is 0. The maximum absolute atomic E-state index is 10.8. The third kappa shape index (κ3) is 1.73. The van der Waals surface area contributed by atoms with Crippen LogP contribution in [-0.4, -0.2) is 5.91 Å². The summed E-state index contributed by atoms with van der Waals surface area (Å²) in [6.45, 7) is 1.39. The molecule has 4 N–H and O–H groups in total. The number of carbonyl (C=O) groups is 1. The van der Waals surface area contributed by atoms with Gasteiger partial charge in [0.2, 0.25) is 5.91 Å². The van der Waals surface area contributed by atoms with E-state index in [0.29, 0.717) is 11.4 Å². The van der Waals surface area contributed by atoms with Gasteiger partial charge in [0.1, 0.15) is 0 Å². The largest absolute Gasteiger partial charge is 0.399 e. The third-order valence-corrected chi connectivity index (χ3v) is 1.49. The molecule has 0 aliphatic carbocycles. The summed E-state index contributed by atoms with van der Waals surface area (Å²) in [4.78, 5) is 10.8. The number of nitrogens with two attached hydrogens (primary N) is 2. The molecule has 0 aromatic heterocycles. The highest BCUT2D eigenvalue weighted by Crippen LogP contribution is 2.14. The van der Waals surface area contributed by atoms with Crippen molar-refractivity contribution in [1.82, 2.24) is 0 Å². The van der Waals surface area contributed by atoms with Gasteiger partial charge in [0.25, 0.3) is 0 Å². The lowest BCUT2D eigenvalue weighted by molar-refractivity contribution is -0.116. The van der Waals surface area contributed by atoms with Crippen LogP contribution in [0.4, 0.5) is 11.4 Å². The Balaban J connectivity index is 2.95. The predicted octanol–water partition coefficient (Wildman–Crippen LogP) is 0.495. The minimum absolute atomic E-state index is 0.222. The van der Waals surface area contributed by atoms with Crippen molar-refractivity contribution < 1.29 is 4.79 Å². The van der Waals surface area contributed by atoms with E-state index in [-0.39, 0.29) is 5.91 Å². The first-order chi connectivity index (χ1) is 5.61. The third-order valence-electron chi connectivity index (χ3n) is 1.49. The van der Waals surface area contributed by atoms with Crippen LogP contribution in [0, 0.1) is 0 Å². The van der Waals surface area contributed by atoms with E-state index in [4.69, 9.17) is 11.6 Å². The van der Waals surface area contributed by atoms with Crippen LogP contribution in [0.3, 0.4) is 0 Å². The average molecular weight is 165 g/mol. The van der Waals surface area contributed by atoms with Gasteiger partial charge in [0.05, 0.1) is 5.69 Å². The van der Waals surface area contributed by atoms with Crippen LogP contribution in [0.2, 0.25) is 0 Å². The van der Waals surface area contributed by atoms with Crippen molar-refractivity contribution in [3.05, 3.63) is 24.3 Å². The summed E-state index contributed by atoms with van der Waals surface area (Å²) >= 11 is 0. The molecule has 64 valence electrons. The molecule has 0 heterocycles. The number of anilines is 2. The number of nitrogens with zero attached hydrogens (tertiary/aromatic N) is 1. The fourth-order valence-corrected chi connectivity index (χ4v) is 0.856. The van der Waals surface area contributed by atoms with E-state index in [0.717, 1.165) is 5.01 Å². The molecule has 1 aromatic carbocycles. The van der Waals surface area contributed by atoms with Crippen LogP contribution >= 0.6 is 0 Å². The van der Waals surface area contributed by atoms with Crippen LogP contribution < -0.4 is 16.6 Å². The van der Waals surface area contributed by atoms with Gasteiger partial charge in [-0.1, -0.05) is 6.07 Å². The number of amides is 1. The van der Waals surface area contributed by atoms with Crippen molar-refractivity contribution in [2.24, 2.45) is 5.84 Å². The number of carbonyl (C=O) groups excluding carboxylic acids is 1. The fraction of sp³-hybridized carbons (Fsp3) is 0.125. The van der Waals surface area contributed by atoms with Crippen LogP contribution in [0.5, 0.6) is 0 Å². The summed E-state index contributed by atoms with van der Waals surface area (Å²) in [5.74, 6) is 5.21. The van der Waals surface area contributed by atoms with Crippen molar-refractivity contribution in [2.45, 2.75) is 6.92 Å². The quantitative estimate of drug-likeness (QED) is 0.275. The molecule has 0 saturated heterocycles. The molecule has 0 aliphatic heterocycles. The first-order valence-corrected chi connectivity index (χ1v) is 3.52. The standard InChI is InChI=1S/C8H11N3O/c1-6(12)11(10)8-4-2-3-7(9)5-8/h2-5H,9-10H2,1H3. The summed E-state index contributed by atoms with van der Waals surface area (Å²) in [6.07, 6.45) is 0. The lowest BCUT2D eigenvalue weighted by Crippen LogP contribution is -2.35. The Labute approximate surface area is 70.7 Å². The zero-order valence-electron chi connectivity index (χ0n) is 6.82. The summed E-state index contributed by atoms with van der Waals surface area (Å²) in [5.41, 5.74) is 6.69. The van der Waals surface area contributed by atoms with Gasteiger partial charge in [-0.05, 0) is 18.2 Å². The Morgan fingerprint density at radius 1 is 1.50 bits per heavy atom. The average Bonchev–Trinajstić information content (AvgIpc) is 2.03. The molecule has 0 atom stereocenters. The number of benzene rings is 1. The molecule has 0 unspecified atom stereocenters. The van der Waals surface area contributed by atoms with Crippen molar-refractivity contribution in [1.29, 1.82) is 0 Å². The molecule has 12 heavy (non-hydrogen) atoms. The first-order valence-electron chi connectivity index (χ1n) is 3.52. The van der Waals surface area contributed by atoms with E-state index in [9.17, 15) is 4.79 Å². The normalized spacial score (nSPS) is 9.50. The molecule has 1 rings (SSSR count). The van der Waals surface area contributed by atoms with E-state index in [2.05, 4.69) is 0 Å². The molecule has 0 saturated carbocycles. The van der Waals surface area contributed by atoms with Crippen LogP contribution in [0.15, 0.2) is 24.3 Å². The molecule has 4 heteroatoms. The lowest BCUT2D eigenvalue weighted by atomic mass is 10.3. The highest BCUT2D eigenvalue weighted by Gasteiger charge is 2.04. The Morgan fingerprint density at radius 2 is 2.17 bits per heavy atom. The van der Waals surface area contributed by atoms with Crippen LogP contribution in [-0.2, 0) is 4.79 Å². The minimum atomic E-state index is -0.222. The molecule has 0 aliphatic rings. The smallest absolute Gasteiger partial charge is 0.238 e. The van der Waals surface area contributed by atoms with Gasteiger partial charge >= 0.3 is 0 Å². The zero-order valence-corrected chi connectivity index (χ0v) is 6.82. The summed E-state index contributed by atoms with van der Waals surface area (Å²) in [6, 6.07) is 6.84. The second-order valence-corrected chi connectivity index (χ2v) is 2.48. The predicted molar refractivity (Wildman–Crippen MR) is 48.2 cm³/mol. The summed E-state index contributed by atoms with van der Waals surface area (Å²) < 4.78 is 0. The SMILES string of the molecule is CC(=O)N(N)c1cccc(N)c1. The molecule has 1 amide bonds. The molecular formula is C8H11N3O. The van der Waals surface area contributed by atoms with Crippen molar-refractivity contribution in [3.8, 4) is 0 Å². The first kappa shape index (κ1) is 8.55. The van der Waals surface area contributed by atoms with Gasteiger partial charge in [0, 0.05) is 12.6 Å². The van der Waals surface area contributed by atoms with E-state index < -0.39 is 0 Å². The second kappa shape index (κ2) is 3.23. The topological polar surface area (TPSA) is 72.3 Å². The maximum Gasteiger partial charge on any atom is 0.238 e. The second-order valence-electron chi connectivity index (χ2n) is 2.48. The number of rotatable bonds is 1. The highest BCUT2D eigenvalue weighted by molar-refractivity contribution is 5.90. The molecule has 4 nitrogen and oxygen atoms in total. The Bertz CT molecular complexity index is 298. The number of nitrogen functional groups attached to an aromatic ring is 1. The maximum atomic E-state index is 10.8. The fourth-order valence-electron chi connectivity index (χ4n) is 0.856. The van der Waals surface area contributed by atoms with E-state index >= 15 is 0 Å². The van der Waals surface area contributed by atoms with Gasteiger partial charge in [-0.2, -0.15) is 0 Å². The van der Waals surface area contributed by atoms with Gasteiger partial charge < -0.3 is 5.73 Å². The monoisotopic (exact) mass is 165 g/mol. The van der Waals surface area contributed by atoms with Gasteiger partial charge in [-0.15, -0.1) is 0 Å². The summed E-state index contributed by atoms with van der Waals surface area (Å²) in [5, 5.41) is 1.05. The van der Waals surface area contributed by atoms with E-state index in [1.54, 1.807) is 24.3 Å². The number of hydrogen-bond donors (Lipinski definition) is 2. The Kier molecular flexibility index (Phi) is 2.30. The molecular weight excluding hydrogens is 154 g/mol. The molecule has 1 aromatic rings. The Hall–Kier alpha value is -1.55. The number of hydrazine groups is 1. The van der Waals surface area contributed by atoms with Crippen LogP contribution in [0.25, 0.3) is 0 Å². The van der Waals surface area contributed by atoms with Gasteiger partial charge in [0.15, 0.2) is 0 Å².